The van der Waals surface area contributed by atoms with E-state index in [1.807, 2.05) is 0 Å². The van der Waals surface area contributed by atoms with E-state index in [0.29, 0.717) is 0 Å². The minimum Gasteiger partial charge on any atom is -0.0992 e. The maximum absolute atomic E-state index is 2.33. The van der Waals surface area contributed by atoms with Crippen LogP contribution in [0.25, 0.3) is 0 Å². The quantitative estimate of drug-likeness (QED) is 0.540. The van der Waals surface area contributed by atoms with E-state index in [9.17, 15) is 0 Å². The van der Waals surface area contributed by atoms with Crippen molar-refractivity contribution >= 4 is 8.07 Å². The first-order valence-corrected chi connectivity index (χ1v) is 6.28. The van der Waals surface area contributed by atoms with E-state index in [2.05, 4.69) is 38.3 Å². The molecule has 0 fully saturated rings. The van der Waals surface area contributed by atoms with Crippen LogP contribution in [0.15, 0.2) is 11.8 Å². The minimum absolute atomic E-state index is 0. The van der Waals surface area contributed by atoms with Crippen LogP contribution in [0.4, 0.5) is 0 Å². The Kier molecular flexibility index (Phi) is 6.16. The van der Waals surface area contributed by atoms with E-state index in [4.69, 9.17) is 0 Å². The topological polar surface area (TPSA) is 0 Å². The van der Waals surface area contributed by atoms with Crippen molar-refractivity contribution < 1.29 is 17.1 Å². The van der Waals surface area contributed by atoms with E-state index in [1.165, 1.54) is 0 Å². The van der Waals surface area contributed by atoms with Crippen LogP contribution in [0.5, 0.6) is 0 Å². The Labute approximate surface area is 63.9 Å². The molecule has 1 radical (unpaired) electrons. The molecule has 0 aliphatic heterocycles. The molecule has 0 aromatic carbocycles. The Morgan fingerprint density at radius 2 is 1.50 bits per heavy atom. The van der Waals surface area contributed by atoms with Crippen molar-refractivity contribution in [2.75, 3.05) is 0 Å². The fourth-order valence-corrected chi connectivity index (χ4v) is 1.50. The molecular weight excluding hydrogens is 164 g/mol. The van der Waals surface area contributed by atoms with E-state index in [-0.39, 0.29) is 17.1 Å². The molecule has 0 nitrogen and oxygen atoms in total. The number of rotatable bonds is 1. The van der Waals surface area contributed by atoms with Crippen LogP contribution in [0.1, 0.15) is 6.92 Å². The normalized spacial score (nSPS) is 11.5. The summed E-state index contributed by atoms with van der Waals surface area (Å²) in [6, 6.07) is 0. The van der Waals surface area contributed by atoms with Crippen molar-refractivity contribution in [3.63, 3.8) is 0 Å². The van der Waals surface area contributed by atoms with Crippen LogP contribution in [0.2, 0.25) is 19.6 Å². The number of hydrogen-bond donors (Lipinski definition) is 0. The molecule has 53 valence electrons. The number of hydrogen-bond acceptors (Lipinski definition) is 0. The maximum Gasteiger partial charge on any atom is 0.0682 e. The molecule has 0 spiro atoms. The van der Waals surface area contributed by atoms with Crippen molar-refractivity contribution in [3.05, 3.63) is 11.8 Å². The van der Waals surface area contributed by atoms with Crippen LogP contribution >= 0.6 is 0 Å². The molecule has 0 aromatic heterocycles. The fourth-order valence-electron chi connectivity index (χ4n) is 0.500. The maximum atomic E-state index is 2.33. The Balaban J connectivity index is 0. The van der Waals surface area contributed by atoms with Crippen LogP contribution in [-0.4, -0.2) is 8.07 Å². The van der Waals surface area contributed by atoms with E-state index in [1.54, 1.807) is 0 Å². The molecule has 0 bridgehead atoms. The molecule has 8 heavy (non-hydrogen) atoms. The zero-order chi connectivity index (χ0) is 5.91. The van der Waals surface area contributed by atoms with Crippen molar-refractivity contribution in [2.45, 2.75) is 26.6 Å². The predicted molar refractivity (Wildman–Crippen MR) is 38.2 cm³/mol. The van der Waals surface area contributed by atoms with E-state index < -0.39 is 8.07 Å². The summed E-state index contributed by atoms with van der Waals surface area (Å²) in [5.41, 5.74) is 2.33. The third-order valence-corrected chi connectivity index (χ3v) is 2.00. The third kappa shape index (κ3) is 9.69. The van der Waals surface area contributed by atoms with Gasteiger partial charge in [0.2, 0.25) is 0 Å². The van der Waals surface area contributed by atoms with Gasteiger partial charge < -0.3 is 0 Å². The monoisotopic (exact) mass is 177 g/mol. The SMILES string of the molecule is CC=C[Si](C)(C)C.[Cu]. The van der Waals surface area contributed by atoms with Gasteiger partial charge >= 0.3 is 0 Å². The second kappa shape index (κ2) is 4.36. The second-order valence-corrected chi connectivity index (χ2v) is 7.93. The van der Waals surface area contributed by atoms with Gasteiger partial charge in [0.15, 0.2) is 0 Å². The average Bonchev–Trinajstić information content (AvgIpc) is 1.30. The van der Waals surface area contributed by atoms with Crippen LogP contribution in [-0.2, 0) is 17.1 Å². The van der Waals surface area contributed by atoms with Crippen molar-refractivity contribution in [3.8, 4) is 0 Å². The molecule has 2 heteroatoms. The van der Waals surface area contributed by atoms with Crippen molar-refractivity contribution in [1.29, 1.82) is 0 Å². The van der Waals surface area contributed by atoms with Gasteiger partial charge in [0.05, 0.1) is 8.07 Å². The second-order valence-electron chi connectivity index (χ2n) is 2.87. The molecule has 0 aliphatic rings. The molecule has 0 N–H and O–H groups in total. The first-order valence-electron chi connectivity index (χ1n) is 2.70. The van der Waals surface area contributed by atoms with Gasteiger partial charge in [-0.2, -0.15) is 0 Å². The van der Waals surface area contributed by atoms with Crippen molar-refractivity contribution in [1.82, 2.24) is 0 Å². The largest absolute Gasteiger partial charge is 0.0992 e. The van der Waals surface area contributed by atoms with Gasteiger partial charge in [-0.1, -0.05) is 31.4 Å². The minimum atomic E-state index is -0.838. The molecule has 0 atom stereocenters. The Morgan fingerprint density at radius 1 is 1.12 bits per heavy atom. The summed E-state index contributed by atoms with van der Waals surface area (Å²) in [5, 5.41) is 0. The summed E-state index contributed by atoms with van der Waals surface area (Å²) in [6.07, 6.45) is 2.15. The summed E-state index contributed by atoms with van der Waals surface area (Å²) in [6.45, 7) is 9.06. The van der Waals surface area contributed by atoms with Gasteiger partial charge in [-0.15, -0.1) is 0 Å². The van der Waals surface area contributed by atoms with Gasteiger partial charge in [0, 0.05) is 17.1 Å². The summed E-state index contributed by atoms with van der Waals surface area (Å²) >= 11 is 0. The smallest absolute Gasteiger partial charge is 0.0682 e. The molecule has 0 saturated heterocycles. The summed E-state index contributed by atoms with van der Waals surface area (Å²) in [7, 11) is -0.838. The zero-order valence-electron chi connectivity index (χ0n) is 5.96. The summed E-state index contributed by atoms with van der Waals surface area (Å²) < 4.78 is 0. The molecule has 0 amide bonds. The van der Waals surface area contributed by atoms with Crippen LogP contribution in [0, 0.1) is 0 Å². The standard InChI is InChI=1S/C6H14Si.Cu/c1-5-6-7(2,3)4;/h5-6H,1-4H3;. The Bertz CT molecular complexity index is 71.1. The van der Waals surface area contributed by atoms with Gasteiger partial charge in [0.25, 0.3) is 0 Å². The molecule has 0 heterocycles. The summed E-state index contributed by atoms with van der Waals surface area (Å²) in [5.74, 6) is 0. The van der Waals surface area contributed by atoms with E-state index in [0.717, 1.165) is 0 Å². The van der Waals surface area contributed by atoms with Crippen LogP contribution < -0.4 is 0 Å². The van der Waals surface area contributed by atoms with Gasteiger partial charge in [-0.25, -0.2) is 0 Å². The van der Waals surface area contributed by atoms with Gasteiger partial charge in [-0.05, 0) is 6.92 Å². The first kappa shape index (κ1) is 11.3. The van der Waals surface area contributed by atoms with Gasteiger partial charge in [0.1, 0.15) is 0 Å². The average molecular weight is 178 g/mol. The Hall–Kier alpha value is 0.476. The fraction of sp³-hybridized carbons (Fsp3) is 0.667. The molecule has 0 rings (SSSR count). The molecule has 0 unspecified atom stereocenters. The Morgan fingerprint density at radius 3 is 1.50 bits per heavy atom. The van der Waals surface area contributed by atoms with Crippen LogP contribution in [0.3, 0.4) is 0 Å². The van der Waals surface area contributed by atoms with E-state index >= 15 is 0 Å². The summed E-state index contributed by atoms with van der Waals surface area (Å²) in [4.78, 5) is 0. The molecule has 0 aromatic rings. The molecular formula is C6H14CuSi. The molecule has 0 aliphatic carbocycles. The molecule has 0 saturated carbocycles. The zero-order valence-corrected chi connectivity index (χ0v) is 7.90. The predicted octanol–water partition coefficient (Wildman–Crippen LogP) is 2.44. The first-order chi connectivity index (χ1) is 3.06. The van der Waals surface area contributed by atoms with Crippen molar-refractivity contribution in [2.24, 2.45) is 0 Å². The number of allylic oxidation sites excluding steroid dienone is 1. The third-order valence-electron chi connectivity index (χ3n) is 0.667. The van der Waals surface area contributed by atoms with Gasteiger partial charge in [-0.3, -0.25) is 0 Å².